The molecule has 5 nitrogen and oxygen atoms in total. The predicted molar refractivity (Wildman–Crippen MR) is 130 cm³/mol. The van der Waals surface area contributed by atoms with Gasteiger partial charge in [-0.05, 0) is 55.8 Å². The molecule has 1 aliphatic rings. The maximum atomic E-state index is 10.9. The summed E-state index contributed by atoms with van der Waals surface area (Å²) in [5.41, 5.74) is 3.95. The van der Waals surface area contributed by atoms with E-state index in [1.54, 1.807) is 6.07 Å². The van der Waals surface area contributed by atoms with Crippen molar-refractivity contribution in [1.82, 2.24) is 5.32 Å². The predicted octanol–water partition coefficient (Wildman–Crippen LogP) is 4.90. The van der Waals surface area contributed by atoms with Crippen LogP contribution in [0.5, 0.6) is 17.2 Å². The van der Waals surface area contributed by atoms with Gasteiger partial charge < -0.3 is 25.2 Å². The molecule has 1 aliphatic heterocycles. The Morgan fingerprint density at radius 2 is 1.53 bits per heavy atom. The fourth-order valence-corrected chi connectivity index (χ4v) is 4.26. The van der Waals surface area contributed by atoms with Crippen LogP contribution in [0.15, 0.2) is 77.3 Å². The Balaban J connectivity index is 1.78. The molecule has 0 fully saturated rings. The monoisotopic (exact) mass is 495 g/mol. The summed E-state index contributed by atoms with van der Waals surface area (Å²) < 4.78 is 12.6. The molecule has 32 heavy (non-hydrogen) atoms. The molecular formula is C26H28BrN2O3+. The zero-order valence-corrected chi connectivity index (χ0v) is 19.8. The zero-order valence-electron chi connectivity index (χ0n) is 18.2. The summed E-state index contributed by atoms with van der Waals surface area (Å²) >= 11 is 3.52. The van der Waals surface area contributed by atoms with Crippen molar-refractivity contribution in [1.29, 1.82) is 0 Å². The van der Waals surface area contributed by atoms with Gasteiger partial charge in [-0.1, -0.05) is 46.3 Å². The lowest BCUT2D eigenvalue weighted by Gasteiger charge is -2.31. The Morgan fingerprint density at radius 1 is 0.875 bits per heavy atom. The van der Waals surface area contributed by atoms with Crippen LogP contribution in [0.25, 0.3) is 5.70 Å². The first-order valence-electron chi connectivity index (χ1n) is 10.9. The van der Waals surface area contributed by atoms with Crippen molar-refractivity contribution in [2.75, 3.05) is 13.2 Å². The van der Waals surface area contributed by atoms with Crippen LogP contribution in [0.3, 0.4) is 0 Å². The first-order valence-corrected chi connectivity index (χ1v) is 11.7. The van der Waals surface area contributed by atoms with E-state index in [1.807, 2.05) is 56.3 Å². The second-order valence-electron chi connectivity index (χ2n) is 7.53. The molecule has 4 rings (SSSR count). The lowest BCUT2D eigenvalue weighted by molar-refractivity contribution is -0.731. The maximum absolute atomic E-state index is 10.9. The molecule has 0 aliphatic carbocycles. The maximum Gasteiger partial charge on any atom is 0.190 e. The summed E-state index contributed by atoms with van der Waals surface area (Å²) in [5.74, 6) is 1.54. The van der Waals surface area contributed by atoms with Crippen LogP contribution < -0.4 is 20.1 Å². The van der Waals surface area contributed by atoms with E-state index in [0.29, 0.717) is 19.0 Å². The molecule has 2 unspecified atom stereocenters. The van der Waals surface area contributed by atoms with Crippen molar-refractivity contribution < 1.29 is 19.9 Å². The summed E-state index contributed by atoms with van der Waals surface area (Å²) in [6, 6.07) is 21.8. The molecule has 3 aromatic rings. The van der Waals surface area contributed by atoms with E-state index in [-0.39, 0.29) is 18.0 Å². The number of hydrogen-bond acceptors (Lipinski definition) is 4. The minimum absolute atomic E-state index is 0.0958. The Bertz CT molecular complexity index is 1100. The van der Waals surface area contributed by atoms with Crippen LogP contribution in [-0.2, 0) is 0 Å². The Labute approximate surface area is 197 Å². The van der Waals surface area contributed by atoms with Gasteiger partial charge in [-0.15, -0.1) is 0 Å². The summed E-state index contributed by atoms with van der Waals surface area (Å²) in [5, 5.41) is 16.8. The molecule has 6 heteroatoms. The van der Waals surface area contributed by atoms with E-state index in [0.717, 1.165) is 32.6 Å². The van der Waals surface area contributed by atoms with Gasteiger partial charge >= 0.3 is 0 Å². The molecule has 0 bridgehead atoms. The minimum atomic E-state index is -0.116. The van der Waals surface area contributed by atoms with Crippen LogP contribution in [0.1, 0.15) is 42.7 Å². The van der Waals surface area contributed by atoms with Crippen LogP contribution in [0.4, 0.5) is 0 Å². The fourth-order valence-electron chi connectivity index (χ4n) is 3.99. The molecule has 4 N–H and O–H groups in total. The van der Waals surface area contributed by atoms with Crippen molar-refractivity contribution in [2.24, 2.45) is 0 Å². The Hall–Kier alpha value is -2.96. The fraction of sp³-hybridized carbons (Fsp3) is 0.231. The number of phenolic OH excluding ortho intramolecular Hbond substituents is 1. The van der Waals surface area contributed by atoms with Gasteiger partial charge in [-0.3, -0.25) is 0 Å². The van der Waals surface area contributed by atoms with Crippen LogP contribution in [-0.4, -0.2) is 18.3 Å². The molecule has 0 amide bonds. The number of halogens is 1. The highest BCUT2D eigenvalue weighted by Crippen LogP contribution is 2.36. The van der Waals surface area contributed by atoms with Crippen molar-refractivity contribution in [3.05, 3.63) is 94.0 Å². The van der Waals surface area contributed by atoms with Gasteiger partial charge in [0, 0.05) is 16.2 Å². The van der Waals surface area contributed by atoms with Crippen LogP contribution in [0, 0.1) is 0 Å². The number of nitrogens with two attached hydrogens (primary N) is 1. The molecule has 0 aromatic heterocycles. The number of quaternary nitrogens is 1. The first kappa shape index (κ1) is 22.2. The average Bonchev–Trinajstić information content (AvgIpc) is 2.81. The molecule has 1 heterocycles. The summed E-state index contributed by atoms with van der Waals surface area (Å²) in [7, 11) is 0. The first-order chi connectivity index (χ1) is 15.6. The van der Waals surface area contributed by atoms with E-state index in [2.05, 4.69) is 50.8 Å². The van der Waals surface area contributed by atoms with Gasteiger partial charge in [0.15, 0.2) is 17.7 Å². The van der Waals surface area contributed by atoms with Crippen LogP contribution in [0.2, 0.25) is 0 Å². The van der Waals surface area contributed by atoms with Crippen molar-refractivity contribution in [3.63, 3.8) is 0 Å². The second kappa shape index (κ2) is 10.1. The largest absolute Gasteiger partial charge is 0.504 e. The quantitative estimate of drug-likeness (QED) is 0.436. The third kappa shape index (κ3) is 4.76. The Kier molecular flexibility index (Phi) is 7.02. The number of ether oxygens (including phenoxy) is 2. The Morgan fingerprint density at radius 3 is 2.28 bits per heavy atom. The van der Waals surface area contributed by atoms with E-state index >= 15 is 0 Å². The molecule has 3 aromatic carbocycles. The number of aromatic hydroxyl groups is 1. The molecule has 0 spiro atoms. The van der Waals surface area contributed by atoms with E-state index in [1.165, 1.54) is 0 Å². The SMILES string of the molecule is CCOc1ccccc1C1NC(c2ccc(Br)cc2)=CC(c2cccc(OCC)c2O)[NH2+]1. The van der Waals surface area contributed by atoms with Gasteiger partial charge in [0.25, 0.3) is 0 Å². The highest BCUT2D eigenvalue weighted by molar-refractivity contribution is 9.10. The highest BCUT2D eigenvalue weighted by Gasteiger charge is 2.31. The molecule has 0 saturated carbocycles. The van der Waals surface area contributed by atoms with Gasteiger partial charge in [-0.2, -0.15) is 0 Å². The second-order valence-corrected chi connectivity index (χ2v) is 8.44. The van der Waals surface area contributed by atoms with Crippen molar-refractivity contribution in [2.45, 2.75) is 26.1 Å². The third-order valence-corrected chi connectivity index (χ3v) is 5.98. The number of hydrogen-bond donors (Lipinski definition) is 3. The van der Waals surface area contributed by atoms with Crippen molar-refractivity contribution in [3.8, 4) is 17.2 Å². The molecule has 0 saturated heterocycles. The van der Waals surface area contributed by atoms with Gasteiger partial charge in [-0.25, -0.2) is 0 Å². The smallest absolute Gasteiger partial charge is 0.190 e. The summed E-state index contributed by atoms with van der Waals surface area (Å²) in [4.78, 5) is 0. The van der Waals surface area contributed by atoms with Gasteiger partial charge in [0.05, 0.1) is 24.3 Å². The number of para-hydroxylation sites is 2. The van der Waals surface area contributed by atoms with Gasteiger partial charge in [0.2, 0.25) is 0 Å². The normalized spacial score (nSPS) is 17.9. The highest BCUT2D eigenvalue weighted by atomic mass is 79.9. The number of nitrogens with one attached hydrogen (secondary N) is 1. The molecule has 0 radical (unpaired) electrons. The molecule has 166 valence electrons. The third-order valence-electron chi connectivity index (χ3n) is 5.46. The zero-order chi connectivity index (χ0) is 22.5. The van der Waals surface area contributed by atoms with E-state index < -0.39 is 0 Å². The topological polar surface area (TPSA) is 67.3 Å². The number of benzene rings is 3. The van der Waals surface area contributed by atoms with Crippen LogP contribution >= 0.6 is 15.9 Å². The summed E-state index contributed by atoms with van der Waals surface area (Å²) in [6.07, 6.45) is 2.05. The minimum Gasteiger partial charge on any atom is -0.504 e. The number of phenols is 1. The lowest BCUT2D eigenvalue weighted by atomic mass is 9.97. The molecule has 2 atom stereocenters. The van der Waals surface area contributed by atoms with E-state index in [9.17, 15) is 5.11 Å². The summed E-state index contributed by atoms with van der Waals surface area (Å²) in [6.45, 7) is 4.99. The molecular weight excluding hydrogens is 468 g/mol. The van der Waals surface area contributed by atoms with Crippen molar-refractivity contribution >= 4 is 21.6 Å². The average molecular weight is 496 g/mol. The van der Waals surface area contributed by atoms with Gasteiger partial charge in [0.1, 0.15) is 11.8 Å². The van der Waals surface area contributed by atoms with E-state index in [4.69, 9.17) is 9.47 Å². The standard InChI is InChI=1S/C26H27BrN2O3/c1-3-31-23-10-6-5-8-20(23)26-28-21(17-12-14-18(27)15-13-17)16-22(29-26)19-9-7-11-24(25(19)30)32-4-2/h5-16,22,26,28-30H,3-4H2,1-2H3/p+1. The lowest BCUT2D eigenvalue weighted by Crippen LogP contribution is -2.89. The number of rotatable bonds is 7.